The Kier molecular flexibility index (Phi) is 2.68. The number of nitrogens with one attached hydrogen (secondary N) is 1. The lowest BCUT2D eigenvalue weighted by molar-refractivity contribution is 0.607. The maximum absolute atomic E-state index is 11.4. The van der Waals surface area contributed by atoms with Gasteiger partial charge in [0.2, 0.25) is 0 Å². The average molecular weight is 217 g/mol. The quantitative estimate of drug-likeness (QED) is 0.786. The number of hydrogen-bond acceptors (Lipinski definition) is 3. The van der Waals surface area contributed by atoms with Crippen LogP contribution in [-0.4, -0.2) is 14.8 Å². The predicted molar refractivity (Wildman–Crippen MR) is 59.4 cm³/mol. The van der Waals surface area contributed by atoms with Gasteiger partial charge >= 0.3 is 5.69 Å². The smallest absolute Gasteiger partial charge is 0.271 e. The van der Waals surface area contributed by atoms with Gasteiger partial charge in [0.15, 0.2) is 0 Å². The molecule has 0 radical (unpaired) electrons. The maximum Gasteiger partial charge on any atom is 0.345 e. The van der Waals surface area contributed by atoms with Crippen molar-refractivity contribution in [3.8, 4) is 0 Å². The van der Waals surface area contributed by atoms with Crippen molar-refractivity contribution in [1.29, 1.82) is 0 Å². The van der Waals surface area contributed by atoms with Gasteiger partial charge < -0.3 is 0 Å². The highest BCUT2D eigenvalue weighted by molar-refractivity contribution is 5.21. The Hall–Kier alpha value is -2.17. The molecular formula is C11H11N3O2. The van der Waals surface area contributed by atoms with Crippen LogP contribution in [0.25, 0.3) is 0 Å². The van der Waals surface area contributed by atoms with Crippen LogP contribution in [0.15, 0.2) is 40.1 Å². The summed E-state index contributed by atoms with van der Waals surface area (Å²) in [6.45, 7) is 2.35. The highest BCUT2D eigenvalue weighted by Gasteiger charge is 1.99. The molecule has 0 spiro atoms. The molecule has 2 aromatic rings. The van der Waals surface area contributed by atoms with E-state index in [0.29, 0.717) is 6.54 Å². The van der Waals surface area contributed by atoms with Gasteiger partial charge in [-0.15, -0.1) is 0 Å². The van der Waals surface area contributed by atoms with Gasteiger partial charge in [0.1, 0.15) is 6.20 Å². The average Bonchev–Trinajstić information content (AvgIpc) is 2.25. The summed E-state index contributed by atoms with van der Waals surface area (Å²) in [5.74, 6) is 0. The molecule has 0 amide bonds. The second-order valence-electron chi connectivity index (χ2n) is 3.58. The zero-order valence-corrected chi connectivity index (χ0v) is 8.80. The van der Waals surface area contributed by atoms with Crippen LogP contribution < -0.4 is 11.2 Å². The van der Waals surface area contributed by atoms with Crippen molar-refractivity contribution in [2.75, 3.05) is 0 Å². The Bertz CT molecular complexity index is 596. The SMILES string of the molecule is Cc1ccc(Cn2ncc(=O)[nH]c2=O)cc1. The van der Waals surface area contributed by atoms with Crippen LogP contribution in [0.2, 0.25) is 0 Å². The molecule has 0 atom stereocenters. The molecule has 1 heterocycles. The lowest BCUT2D eigenvalue weighted by Crippen LogP contribution is -2.31. The molecule has 0 aliphatic rings. The van der Waals surface area contributed by atoms with E-state index in [9.17, 15) is 9.59 Å². The zero-order chi connectivity index (χ0) is 11.5. The summed E-state index contributed by atoms with van der Waals surface area (Å²) in [4.78, 5) is 24.3. The van der Waals surface area contributed by atoms with Gasteiger partial charge in [0.05, 0.1) is 6.54 Å². The number of benzene rings is 1. The summed E-state index contributed by atoms with van der Waals surface area (Å²) < 4.78 is 1.21. The lowest BCUT2D eigenvalue weighted by atomic mass is 10.1. The third-order valence-electron chi connectivity index (χ3n) is 2.23. The van der Waals surface area contributed by atoms with Gasteiger partial charge in [-0.1, -0.05) is 29.8 Å². The number of H-pyrrole nitrogens is 1. The van der Waals surface area contributed by atoms with Crippen LogP contribution in [0, 0.1) is 6.92 Å². The van der Waals surface area contributed by atoms with Crippen LogP contribution >= 0.6 is 0 Å². The summed E-state index contributed by atoms with van der Waals surface area (Å²) in [6.07, 6.45) is 1.09. The normalized spacial score (nSPS) is 10.3. The first-order valence-corrected chi connectivity index (χ1v) is 4.87. The summed E-state index contributed by atoms with van der Waals surface area (Å²) in [5, 5.41) is 3.76. The summed E-state index contributed by atoms with van der Waals surface area (Å²) in [6, 6.07) is 7.78. The second-order valence-corrected chi connectivity index (χ2v) is 3.58. The molecule has 1 aromatic carbocycles. The highest BCUT2D eigenvalue weighted by Crippen LogP contribution is 2.03. The monoisotopic (exact) mass is 217 g/mol. The van der Waals surface area contributed by atoms with Crippen molar-refractivity contribution in [2.45, 2.75) is 13.5 Å². The minimum atomic E-state index is -0.493. The summed E-state index contributed by atoms with van der Waals surface area (Å²) in [7, 11) is 0. The van der Waals surface area contributed by atoms with E-state index in [2.05, 4.69) is 10.1 Å². The molecule has 0 bridgehead atoms. The summed E-state index contributed by atoms with van der Waals surface area (Å²) in [5.41, 5.74) is 1.15. The molecule has 0 fully saturated rings. The van der Waals surface area contributed by atoms with E-state index in [-0.39, 0.29) is 0 Å². The lowest BCUT2D eigenvalue weighted by Gasteiger charge is -2.03. The van der Waals surface area contributed by atoms with Gasteiger partial charge in [-0.25, -0.2) is 9.48 Å². The van der Waals surface area contributed by atoms with Crippen molar-refractivity contribution in [1.82, 2.24) is 14.8 Å². The van der Waals surface area contributed by atoms with Gasteiger partial charge in [0.25, 0.3) is 5.56 Å². The van der Waals surface area contributed by atoms with Crippen LogP contribution in [-0.2, 0) is 6.54 Å². The first kappa shape index (κ1) is 10.4. The zero-order valence-electron chi connectivity index (χ0n) is 8.80. The first-order valence-electron chi connectivity index (χ1n) is 4.87. The molecule has 0 saturated heterocycles. The van der Waals surface area contributed by atoms with Gasteiger partial charge in [-0.05, 0) is 12.5 Å². The second kappa shape index (κ2) is 4.14. The number of hydrogen-bond donors (Lipinski definition) is 1. The molecule has 16 heavy (non-hydrogen) atoms. The Morgan fingerprint density at radius 3 is 2.56 bits per heavy atom. The number of aromatic amines is 1. The fourth-order valence-electron chi connectivity index (χ4n) is 1.36. The number of rotatable bonds is 2. The van der Waals surface area contributed by atoms with Gasteiger partial charge in [0, 0.05) is 0 Å². The van der Waals surface area contributed by atoms with E-state index in [1.165, 1.54) is 4.68 Å². The number of aromatic nitrogens is 3. The van der Waals surface area contributed by atoms with E-state index < -0.39 is 11.2 Å². The van der Waals surface area contributed by atoms with Crippen molar-refractivity contribution in [3.05, 3.63) is 62.4 Å². The molecule has 1 aromatic heterocycles. The van der Waals surface area contributed by atoms with Gasteiger partial charge in [-0.2, -0.15) is 5.10 Å². The van der Waals surface area contributed by atoms with Crippen LogP contribution in [0.5, 0.6) is 0 Å². The fourth-order valence-corrected chi connectivity index (χ4v) is 1.36. The topological polar surface area (TPSA) is 67.8 Å². The Labute approximate surface area is 91.4 Å². The Morgan fingerprint density at radius 2 is 1.94 bits per heavy atom. The molecule has 82 valence electrons. The van der Waals surface area contributed by atoms with Crippen molar-refractivity contribution < 1.29 is 0 Å². The van der Waals surface area contributed by atoms with Crippen LogP contribution in [0.4, 0.5) is 0 Å². The maximum atomic E-state index is 11.4. The predicted octanol–water partition coefficient (Wildman–Crippen LogP) is 0.288. The minimum absolute atomic E-state index is 0.357. The third kappa shape index (κ3) is 2.25. The molecular weight excluding hydrogens is 206 g/mol. The van der Waals surface area contributed by atoms with E-state index >= 15 is 0 Å². The highest BCUT2D eigenvalue weighted by atomic mass is 16.2. The van der Waals surface area contributed by atoms with E-state index in [0.717, 1.165) is 17.3 Å². The molecule has 2 rings (SSSR count). The van der Waals surface area contributed by atoms with Crippen molar-refractivity contribution in [3.63, 3.8) is 0 Å². The molecule has 0 saturated carbocycles. The van der Waals surface area contributed by atoms with E-state index in [4.69, 9.17) is 0 Å². The third-order valence-corrected chi connectivity index (χ3v) is 2.23. The van der Waals surface area contributed by atoms with Gasteiger partial charge in [-0.3, -0.25) is 9.78 Å². The fraction of sp³-hybridized carbons (Fsp3) is 0.182. The molecule has 0 aliphatic carbocycles. The Morgan fingerprint density at radius 1 is 1.25 bits per heavy atom. The molecule has 0 unspecified atom stereocenters. The molecule has 5 nitrogen and oxygen atoms in total. The standard InChI is InChI=1S/C11H11N3O2/c1-8-2-4-9(5-3-8)7-14-11(16)13-10(15)6-12-14/h2-6H,7H2,1H3,(H,13,15,16). The van der Waals surface area contributed by atoms with Crippen molar-refractivity contribution >= 4 is 0 Å². The minimum Gasteiger partial charge on any atom is -0.271 e. The summed E-state index contributed by atoms with van der Waals surface area (Å²) >= 11 is 0. The van der Waals surface area contributed by atoms with E-state index in [1.54, 1.807) is 0 Å². The first-order chi connectivity index (χ1) is 7.65. The van der Waals surface area contributed by atoms with Crippen LogP contribution in [0.1, 0.15) is 11.1 Å². The van der Waals surface area contributed by atoms with E-state index in [1.807, 2.05) is 31.2 Å². The largest absolute Gasteiger partial charge is 0.345 e. The Balaban J connectivity index is 2.30. The van der Waals surface area contributed by atoms with Crippen LogP contribution in [0.3, 0.4) is 0 Å². The molecule has 1 N–H and O–H groups in total. The number of nitrogens with zero attached hydrogens (tertiary/aromatic N) is 2. The van der Waals surface area contributed by atoms with Crippen molar-refractivity contribution in [2.24, 2.45) is 0 Å². The number of aryl methyl sites for hydroxylation is 1. The molecule has 5 heteroatoms. The molecule has 0 aliphatic heterocycles.